The predicted molar refractivity (Wildman–Crippen MR) is 55.6 cm³/mol. The van der Waals surface area contributed by atoms with Crippen molar-refractivity contribution < 1.29 is 0 Å². The first-order valence-electron chi connectivity index (χ1n) is 5.06. The third kappa shape index (κ3) is 1.49. The highest BCUT2D eigenvalue weighted by atomic mass is 14.8. The maximum atomic E-state index is 6.28. The molecule has 70 valence electrons. The summed E-state index contributed by atoms with van der Waals surface area (Å²) in [5.74, 6) is 0.502. The summed E-state index contributed by atoms with van der Waals surface area (Å²) in [4.78, 5) is 0. The van der Waals surface area contributed by atoms with Gasteiger partial charge in [-0.1, -0.05) is 37.3 Å². The molecule has 0 heterocycles. The average Bonchev–Trinajstić information content (AvgIpc) is 2.14. The molecule has 1 aliphatic carbocycles. The fourth-order valence-corrected chi connectivity index (χ4v) is 2.09. The first-order valence-corrected chi connectivity index (χ1v) is 5.06. The second-order valence-corrected chi connectivity index (χ2v) is 4.22. The zero-order valence-corrected chi connectivity index (χ0v) is 8.16. The van der Waals surface area contributed by atoms with Crippen LogP contribution in [0.5, 0.6) is 0 Å². The predicted octanol–water partition coefficient (Wildman–Crippen LogP) is 2.67. The van der Waals surface area contributed by atoms with Crippen LogP contribution in [0, 0.1) is 0 Å². The van der Waals surface area contributed by atoms with Gasteiger partial charge < -0.3 is 5.73 Å². The summed E-state index contributed by atoms with van der Waals surface area (Å²) < 4.78 is 0. The lowest BCUT2D eigenvalue weighted by atomic mass is 9.67. The van der Waals surface area contributed by atoms with Gasteiger partial charge in [-0.15, -0.1) is 0 Å². The Morgan fingerprint density at radius 1 is 1.23 bits per heavy atom. The summed E-state index contributed by atoms with van der Waals surface area (Å²) in [5.41, 5.74) is 7.74. The molecule has 2 rings (SSSR count). The van der Waals surface area contributed by atoms with E-state index in [0.717, 1.165) is 0 Å². The lowest BCUT2D eigenvalue weighted by Crippen LogP contribution is -2.50. The van der Waals surface area contributed by atoms with Crippen LogP contribution < -0.4 is 5.73 Å². The fourth-order valence-electron chi connectivity index (χ4n) is 2.09. The van der Waals surface area contributed by atoms with E-state index in [1.54, 1.807) is 0 Å². The Labute approximate surface area is 80.0 Å². The highest BCUT2D eigenvalue weighted by molar-refractivity contribution is 5.24. The summed E-state index contributed by atoms with van der Waals surface area (Å²) in [7, 11) is 0. The Bertz CT molecular complexity index is 274. The highest BCUT2D eigenvalue weighted by Crippen LogP contribution is 2.40. The topological polar surface area (TPSA) is 26.0 Å². The van der Waals surface area contributed by atoms with Gasteiger partial charge in [0.2, 0.25) is 0 Å². The van der Waals surface area contributed by atoms with Crippen molar-refractivity contribution in [3.63, 3.8) is 0 Å². The van der Waals surface area contributed by atoms with E-state index < -0.39 is 0 Å². The van der Waals surface area contributed by atoms with Crippen molar-refractivity contribution in [3.8, 4) is 0 Å². The van der Waals surface area contributed by atoms with Crippen molar-refractivity contribution in [1.82, 2.24) is 0 Å². The molecule has 1 aromatic carbocycles. The second-order valence-electron chi connectivity index (χ2n) is 4.22. The summed E-state index contributed by atoms with van der Waals surface area (Å²) in [6.45, 7) is 2.24. The molecule has 1 saturated carbocycles. The van der Waals surface area contributed by atoms with Crippen molar-refractivity contribution in [2.75, 3.05) is 0 Å². The maximum Gasteiger partial charge on any atom is 0.0221 e. The SMILES string of the molecule is CC(c1ccccc1)C1(N)CCC1. The van der Waals surface area contributed by atoms with Gasteiger partial charge in [-0.25, -0.2) is 0 Å². The summed E-state index contributed by atoms with van der Waals surface area (Å²) >= 11 is 0. The van der Waals surface area contributed by atoms with Gasteiger partial charge in [0.1, 0.15) is 0 Å². The van der Waals surface area contributed by atoms with E-state index in [2.05, 4.69) is 37.3 Å². The summed E-state index contributed by atoms with van der Waals surface area (Å²) in [6.07, 6.45) is 3.67. The zero-order valence-electron chi connectivity index (χ0n) is 8.16. The Balaban J connectivity index is 2.17. The normalized spacial score (nSPS) is 22.0. The van der Waals surface area contributed by atoms with Crippen LogP contribution in [0.3, 0.4) is 0 Å². The quantitative estimate of drug-likeness (QED) is 0.734. The second kappa shape index (κ2) is 3.15. The molecule has 1 heteroatoms. The number of rotatable bonds is 2. The summed E-state index contributed by atoms with van der Waals surface area (Å²) in [5, 5.41) is 0. The minimum absolute atomic E-state index is 0.0847. The van der Waals surface area contributed by atoms with Gasteiger partial charge in [0.05, 0.1) is 0 Å². The molecule has 1 aliphatic rings. The molecule has 1 nitrogen and oxygen atoms in total. The molecule has 0 spiro atoms. The standard InChI is InChI=1S/C12H17N/c1-10(12(13)8-5-9-12)11-6-3-2-4-7-11/h2-4,6-7,10H,5,8-9,13H2,1H3. The smallest absolute Gasteiger partial charge is 0.0221 e. The molecule has 2 N–H and O–H groups in total. The summed E-state index contributed by atoms with van der Waals surface area (Å²) in [6, 6.07) is 10.6. The first kappa shape index (κ1) is 8.76. The van der Waals surface area contributed by atoms with Crippen LogP contribution in [-0.2, 0) is 0 Å². The molecule has 0 amide bonds. The van der Waals surface area contributed by atoms with Gasteiger partial charge in [-0.2, -0.15) is 0 Å². The number of hydrogen-bond acceptors (Lipinski definition) is 1. The number of benzene rings is 1. The van der Waals surface area contributed by atoms with Gasteiger partial charge >= 0.3 is 0 Å². The van der Waals surface area contributed by atoms with Crippen LogP contribution in [-0.4, -0.2) is 5.54 Å². The zero-order chi connectivity index (χ0) is 9.31. The van der Waals surface area contributed by atoms with Crippen molar-refractivity contribution in [2.45, 2.75) is 37.6 Å². The fraction of sp³-hybridized carbons (Fsp3) is 0.500. The van der Waals surface area contributed by atoms with Crippen LogP contribution >= 0.6 is 0 Å². The van der Waals surface area contributed by atoms with E-state index in [0.29, 0.717) is 5.92 Å². The average molecular weight is 175 g/mol. The molecule has 0 aliphatic heterocycles. The molecule has 1 atom stereocenters. The van der Waals surface area contributed by atoms with Gasteiger partial charge in [0.15, 0.2) is 0 Å². The number of hydrogen-bond donors (Lipinski definition) is 1. The first-order chi connectivity index (χ1) is 6.22. The van der Waals surface area contributed by atoms with Crippen LogP contribution in [0.2, 0.25) is 0 Å². The Hall–Kier alpha value is -0.820. The molecule has 1 fully saturated rings. The number of nitrogens with two attached hydrogens (primary N) is 1. The largest absolute Gasteiger partial charge is 0.325 e. The Morgan fingerprint density at radius 2 is 1.85 bits per heavy atom. The van der Waals surface area contributed by atoms with Gasteiger partial charge in [0.25, 0.3) is 0 Å². The molecule has 0 aromatic heterocycles. The molecule has 1 unspecified atom stereocenters. The molecule has 13 heavy (non-hydrogen) atoms. The molecular weight excluding hydrogens is 158 g/mol. The molecule has 0 radical (unpaired) electrons. The lowest BCUT2D eigenvalue weighted by molar-refractivity contribution is 0.210. The Morgan fingerprint density at radius 3 is 2.31 bits per heavy atom. The monoisotopic (exact) mass is 175 g/mol. The third-order valence-corrected chi connectivity index (χ3v) is 3.45. The lowest BCUT2D eigenvalue weighted by Gasteiger charge is -2.43. The molecular formula is C12H17N. The minimum atomic E-state index is 0.0847. The van der Waals surface area contributed by atoms with Crippen LogP contribution in [0.25, 0.3) is 0 Å². The van der Waals surface area contributed by atoms with E-state index in [1.165, 1.54) is 24.8 Å². The van der Waals surface area contributed by atoms with E-state index in [4.69, 9.17) is 5.73 Å². The highest BCUT2D eigenvalue weighted by Gasteiger charge is 2.38. The van der Waals surface area contributed by atoms with E-state index in [1.807, 2.05) is 0 Å². The molecule has 0 bridgehead atoms. The van der Waals surface area contributed by atoms with E-state index in [9.17, 15) is 0 Å². The third-order valence-electron chi connectivity index (χ3n) is 3.45. The minimum Gasteiger partial charge on any atom is -0.325 e. The van der Waals surface area contributed by atoms with Crippen molar-refractivity contribution >= 4 is 0 Å². The van der Waals surface area contributed by atoms with Crippen molar-refractivity contribution in [2.24, 2.45) is 5.73 Å². The van der Waals surface area contributed by atoms with Crippen molar-refractivity contribution in [3.05, 3.63) is 35.9 Å². The molecule has 1 aromatic rings. The molecule has 0 saturated heterocycles. The van der Waals surface area contributed by atoms with E-state index >= 15 is 0 Å². The van der Waals surface area contributed by atoms with Gasteiger partial charge in [-0.3, -0.25) is 0 Å². The maximum absolute atomic E-state index is 6.28. The van der Waals surface area contributed by atoms with Gasteiger partial charge in [-0.05, 0) is 30.7 Å². The van der Waals surface area contributed by atoms with Crippen LogP contribution in [0.1, 0.15) is 37.7 Å². The van der Waals surface area contributed by atoms with E-state index in [-0.39, 0.29) is 5.54 Å². The van der Waals surface area contributed by atoms with Crippen LogP contribution in [0.4, 0.5) is 0 Å². The van der Waals surface area contributed by atoms with Crippen molar-refractivity contribution in [1.29, 1.82) is 0 Å². The van der Waals surface area contributed by atoms with Gasteiger partial charge in [0, 0.05) is 5.54 Å². The van der Waals surface area contributed by atoms with Crippen LogP contribution in [0.15, 0.2) is 30.3 Å². The Kier molecular flexibility index (Phi) is 2.12.